The van der Waals surface area contributed by atoms with Crippen molar-refractivity contribution in [2.24, 2.45) is 0 Å². The minimum Gasteiger partial charge on any atom is -0.445 e. The minimum absolute atomic E-state index is 0.00907. The van der Waals surface area contributed by atoms with Gasteiger partial charge in [-0.15, -0.1) is 11.8 Å². The van der Waals surface area contributed by atoms with E-state index in [0.29, 0.717) is 18.8 Å². The smallest absolute Gasteiger partial charge is 0.411 e. The Hall–Kier alpha value is -5.38. The van der Waals surface area contributed by atoms with E-state index in [2.05, 4.69) is 85.0 Å². The summed E-state index contributed by atoms with van der Waals surface area (Å²) in [7, 11) is 0. The SMILES string of the molecule is CCCc1cnc(C(C2CC(SC(c3ccccc3)(c3ccccc3)c3ccccc3)CN2)N(Cc2cc(F)ccc2F)C(=O)OCc2ccccc2)nc1. The van der Waals surface area contributed by atoms with Crippen molar-refractivity contribution in [3.05, 3.63) is 203 Å². The van der Waals surface area contributed by atoms with E-state index in [1.807, 2.05) is 60.3 Å². The van der Waals surface area contributed by atoms with Crippen LogP contribution < -0.4 is 5.32 Å². The van der Waals surface area contributed by atoms with Gasteiger partial charge in [0.1, 0.15) is 24.3 Å². The second-order valence-electron chi connectivity index (χ2n) is 13.8. The summed E-state index contributed by atoms with van der Waals surface area (Å²) in [5, 5.41) is 3.78. The Kier molecular flexibility index (Phi) is 12.3. The van der Waals surface area contributed by atoms with Crippen LogP contribution in [0.1, 0.15) is 65.0 Å². The zero-order chi connectivity index (χ0) is 38.0. The van der Waals surface area contributed by atoms with Gasteiger partial charge in [0.2, 0.25) is 0 Å². The molecule has 1 saturated heterocycles. The molecule has 55 heavy (non-hydrogen) atoms. The van der Waals surface area contributed by atoms with E-state index in [4.69, 9.17) is 14.7 Å². The second kappa shape index (κ2) is 17.8. The molecule has 0 aliphatic carbocycles. The third-order valence-electron chi connectivity index (χ3n) is 10.0. The standard InChI is InChI=1S/C46H44F2N4O2S/c1-2-15-34-28-50-44(51-29-34)43(52(31-35-26-39(47)24-25-41(35)48)45(53)54-32-33-16-7-3-8-17-33)42-27-40(30-49-42)55-46(36-18-9-4-10-19-36,37-20-11-5-12-21-37)38-22-13-6-14-23-38/h3-14,16-26,28-29,40,42-43,49H,2,15,27,30-32H2,1H3. The number of thioether (sulfide) groups is 1. The van der Waals surface area contributed by atoms with Crippen molar-refractivity contribution in [1.82, 2.24) is 20.2 Å². The lowest BCUT2D eigenvalue weighted by Crippen LogP contribution is -2.45. The lowest BCUT2D eigenvalue weighted by atomic mass is 9.84. The molecule has 1 aromatic heterocycles. The first kappa shape index (κ1) is 37.9. The number of aryl methyl sites for hydroxylation is 1. The predicted molar refractivity (Wildman–Crippen MR) is 214 cm³/mol. The molecule has 0 radical (unpaired) electrons. The Balaban J connectivity index is 1.28. The summed E-state index contributed by atoms with van der Waals surface area (Å²) in [6, 6.07) is 43.2. The molecule has 0 bridgehead atoms. The number of benzene rings is 5. The van der Waals surface area contributed by atoms with Crippen molar-refractivity contribution >= 4 is 17.9 Å². The molecule has 5 aromatic carbocycles. The summed E-state index contributed by atoms with van der Waals surface area (Å²) in [5.41, 5.74) is 5.27. The van der Waals surface area contributed by atoms with Crippen molar-refractivity contribution in [1.29, 1.82) is 0 Å². The maximum Gasteiger partial charge on any atom is 0.411 e. The maximum absolute atomic E-state index is 15.4. The highest BCUT2D eigenvalue weighted by molar-refractivity contribution is 8.01. The molecule has 0 spiro atoms. The Morgan fingerprint density at radius 2 is 1.38 bits per heavy atom. The van der Waals surface area contributed by atoms with Gasteiger partial charge in [0.05, 0.1) is 11.3 Å². The molecule has 3 unspecified atom stereocenters. The maximum atomic E-state index is 15.4. The van der Waals surface area contributed by atoms with Gasteiger partial charge in [-0.05, 0) is 58.9 Å². The van der Waals surface area contributed by atoms with Gasteiger partial charge in [0.15, 0.2) is 5.82 Å². The quantitative estimate of drug-likeness (QED) is 0.112. The molecule has 280 valence electrons. The van der Waals surface area contributed by atoms with E-state index in [1.54, 1.807) is 12.4 Å². The largest absolute Gasteiger partial charge is 0.445 e. The van der Waals surface area contributed by atoms with E-state index >= 15 is 4.39 Å². The number of nitrogens with one attached hydrogen (secondary N) is 1. The molecule has 1 fully saturated rings. The highest BCUT2D eigenvalue weighted by atomic mass is 32.2. The molecule has 1 amide bonds. The predicted octanol–water partition coefficient (Wildman–Crippen LogP) is 10.0. The summed E-state index contributed by atoms with van der Waals surface area (Å²) in [6.45, 7) is 2.47. The number of halogens is 2. The molecule has 1 aliphatic heterocycles. The van der Waals surface area contributed by atoms with Gasteiger partial charge in [0, 0.05) is 35.8 Å². The number of hydrogen-bond donors (Lipinski definition) is 1. The average Bonchev–Trinajstić information content (AvgIpc) is 3.70. The first-order valence-corrected chi connectivity index (χ1v) is 19.6. The van der Waals surface area contributed by atoms with E-state index in [9.17, 15) is 9.18 Å². The molecule has 0 saturated carbocycles. The second-order valence-corrected chi connectivity index (χ2v) is 15.3. The number of nitrogens with zero attached hydrogens (tertiary/aromatic N) is 3. The minimum atomic E-state index is -0.771. The van der Waals surface area contributed by atoms with Gasteiger partial charge >= 0.3 is 6.09 Å². The van der Waals surface area contributed by atoms with Crippen LogP contribution in [-0.4, -0.2) is 38.8 Å². The molecule has 3 atom stereocenters. The van der Waals surface area contributed by atoms with Crippen LogP contribution in [0.5, 0.6) is 0 Å². The lowest BCUT2D eigenvalue weighted by molar-refractivity contribution is 0.0665. The van der Waals surface area contributed by atoms with Crippen LogP contribution in [0.4, 0.5) is 13.6 Å². The van der Waals surface area contributed by atoms with Crippen LogP contribution in [0.3, 0.4) is 0 Å². The summed E-state index contributed by atoms with van der Waals surface area (Å²) in [4.78, 5) is 25.4. The van der Waals surface area contributed by atoms with Gasteiger partial charge in [-0.25, -0.2) is 23.5 Å². The van der Waals surface area contributed by atoms with Crippen LogP contribution in [-0.2, 0) is 29.1 Å². The zero-order valence-electron chi connectivity index (χ0n) is 30.7. The third-order valence-corrected chi connectivity index (χ3v) is 11.8. The highest BCUT2D eigenvalue weighted by Gasteiger charge is 2.45. The van der Waals surface area contributed by atoms with Crippen molar-refractivity contribution < 1.29 is 18.3 Å². The Bertz CT molecular complexity index is 2030. The number of hydrogen-bond acceptors (Lipinski definition) is 6. The van der Waals surface area contributed by atoms with Crippen molar-refractivity contribution in [2.45, 2.75) is 61.4 Å². The van der Waals surface area contributed by atoms with Crippen molar-refractivity contribution in [3.63, 3.8) is 0 Å². The van der Waals surface area contributed by atoms with E-state index in [-0.39, 0.29) is 30.0 Å². The number of rotatable bonds is 14. The molecule has 9 heteroatoms. The van der Waals surface area contributed by atoms with E-state index < -0.39 is 28.5 Å². The molecule has 1 aliphatic rings. The number of carbonyl (C=O) groups is 1. The van der Waals surface area contributed by atoms with Crippen molar-refractivity contribution in [2.75, 3.05) is 6.54 Å². The molecule has 2 heterocycles. The Morgan fingerprint density at radius 1 is 0.818 bits per heavy atom. The van der Waals surface area contributed by atoms with Crippen LogP contribution in [0.25, 0.3) is 0 Å². The fourth-order valence-corrected chi connectivity index (χ4v) is 9.23. The van der Waals surface area contributed by atoms with Crippen LogP contribution in [0, 0.1) is 11.6 Å². The van der Waals surface area contributed by atoms with Crippen LogP contribution in [0.2, 0.25) is 0 Å². The number of aromatic nitrogens is 2. The van der Waals surface area contributed by atoms with E-state index in [1.165, 1.54) is 4.90 Å². The molecular weight excluding hydrogens is 711 g/mol. The monoisotopic (exact) mass is 754 g/mol. The van der Waals surface area contributed by atoms with Gasteiger partial charge in [-0.3, -0.25) is 4.90 Å². The zero-order valence-corrected chi connectivity index (χ0v) is 31.5. The number of ether oxygens (including phenoxy) is 1. The number of carbonyl (C=O) groups excluding carboxylic acids is 1. The molecule has 1 N–H and O–H groups in total. The van der Waals surface area contributed by atoms with Gasteiger partial charge in [-0.2, -0.15) is 0 Å². The van der Waals surface area contributed by atoms with Crippen molar-refractivity contribution in [3.8, 4) is 0 Å². The van der Waals surface area contributed by atoms with Gasteiger partial charge in [-0.1, -0.05) is 135 Å². The molecule has 6 aromatic rings. The summed E-state index contributed by atoms with van der Waals surface area (Å²) < 4.78 is 35.3. The Morgan fingerprint density at radius 3 is 1.95 bits per heavy atom. The molecule has 7 rings (SSSR count). The summed E-state index contributed by atoms with van der Waals surface area (Å²) in [6.07, 6.45) is 5.27. The van der Waals surface area contributed by atoms with Gasteiger partial charge < -0.3 is 10.1 Å². The van der Waals surface area contributed by atoms with Gasteiger partial charge in [0.25, 0.3) is 0 Å². The van der Waals surface area contributed by atoms with Crippen LogP contribution >= 0.6 is 11.8 Å². The Labute approximate surface area is 326 Å². The molecular formula is C46H44F2N4O2S. The summed E-state index contributed by atoms with van der Waals surface area (Å²) in [5.74, 6) is -0.816. The topological polar surface area (TPSA) is 67.4 Å². The van der Waals surface area contributed by atoms with E-state index in [0.717, 1.165) is 58.9 Å². The lowest BCUT2D eigenvalue weighted by Gasteiger charge is -2.38. The first-order chi connectivity index (χ1) is 26.9. The van der Waals surface area contributed by atoms with Crippen LogP contribution in [0.15, 0.2) is 152 Å². The molecule has 6 nitrogen and oxygen atoms in total. The highest BCUT2D eigenvalue weighted by Crippen LogP contribution is 2.52. The average molecular weight is 755 g/mol. The normalized spacial score (nSPS) is 16.1. The number of amides is 1. The first-order valence-electron chi connectivity index (χ1n) is 18.7. The summed E-state index contributed by atoms with van der Waals surface area (Å²) >= 11 is 1.87. The fourth-order valence-electron chi connectivity index (χ4n) is 7.43. The fraction of sp³-hybridized carbons (Fsp3) is 0.239. The third kappa shape index (κ3) is 8.79.